The van der Waals surface area contributed by atoms with Crippen LogP contribution >= 0.6 is 0 Å². The van der Waals surface area contributed by atoms with Gasteiger partial charge in [0, 0.05) is 31.3 Å². The van der Waals surface area contributed by atoms with Crippen LogP contribution in [0.2, 0.25) is 0 Å². The van der Waals surface area contributed by atoms with Gasteiger partial charge in [0.25, 0.3) is 0 Å². The summed E-state index contributed by atoms with van der Waals surface area (Å²) in [5, 5.41) is 0. The van der Waals surface area contributed by atoms with Gasteiger partial charge in [0.15, 0.2) is 17.5 Å². The Morgan fingerprint density at radius 2 is 2.05 bits per heavy atom. The predicted octanol–water partition coefficient (Wildman–Crippen LogP) is 2.27. The Bertz CT molecular complexity index is 672. The molecular weight excluding hydrogens is 283 g/mol. The van der Waals surface area contributed by atoms with Gasteiger partial charge < -0.3 is 9.47 Å². The first-order valence-electron chi connectivity index (χ1n) is 6.43. The standard InChI is InChI=1S/C14H12F3N3O/c15-11-2-1-10(13(16)14(11)17)9-5-12(21)20(6-9)8-19-4-3-18-7-19/h1-4,7,9H,5-6,8H2. The largest absolute Gasteiger partial charge is 0.324 e. The van der Waals surface area contributed by atoms with E-state index in [0.29, 0.717) is 6.67 Å². The third-order valence-electron chi connectivity index (χ3n) is 3.61. The molecule has 0 spiro atoms. The first-order valence-corrected chi connectivity index (χ1v) is 6.43. The molecule has 0 N–H and O–H groups in total. The highest BCUT2D eigenvalue weighted by molar-refractivity contribution is 5.79. The molecule has 0 bridgehead atoms. The van der Waals surface area contributed by atoms with Crippen molar-refractivity contribution in [1.82, 2.24) is 14.5 Å². The van der Waals surface area contributed by atoms with Crippen molar-refractivity contribution in [3.63, 3.8) is 0 Å². The normalized spacial score (nSPS) is 18.5. The fourth-order valence-electron chi connectivity index (χ4n) is 2.54. The van der Waals surface area contributed by atoms with Crippen LogP contribution in [0.1, 0.15) is 17.9 Å². The van der Waals surface area contributed by atoms with Gasteiger partial charge in [-0.15, -0.1) is 0 Å². The zero-order valence-corrected chi connectivity index (χ0v) is 11.0. The molecular formula is C14H12F3N3O. The van der Waals surface area contributed by atoms with Crippen LogP contribution < -0.4 is 0 Å². The van der Waals surface area contributed by atoms with Crippen molar-refractivity contribution < 1.29 is 18.0 Å². The first-order chi connectivity index (χ1) is 10.1. The Hall–Kier alpha value is -2.31. The van der Waals surface area contributed by atoms with E-state index in [2.05, 4.69) is 4.98 Å². The molecule has 0 aliphatic carbocycles. The van der Waals surface area contributed by atoms with Gasteiger partial charge in [0.2, 0.25) is 5.91 Å². The summed E-state index contributed by atoms with van der Waals surface area (Å²) in [6, 6.07) is 2.09. The molecule has 21 heavy (non-hydrogen) atoms. The van der Waals surface area contributed by atoms with E-state index < -0.39 is 23.4 Å². The minimum absolute atomic E-state index is 0.0374. The van der Waals surface area contributed by atoms with Crippen molar-refractivity contribution in [3.8, 4) is 0 Å². The van der Waals surface area contributed by atoms with E-state index in [1.165, 1.54) is 11.0 Å². The maximum Gasteiger partial charge on any atom is 0.224 e. The lowest BCUT2D eigenvalue weighted by Crippen LogP contribution is -2.27. The van der Waals surface area contributed by atoms with Crippen LogP contribution in [0.25, 0.3) is 0 Å². The van der Waals surface area contributed by atoms with Crippen molar-refractivity contribution in [3.05, 3.63) is 53.9 Å². The number of benzene rings is 1. The molecule has 1 unspecified atom stereocenters. The second-order valence-corrected chi connectivity index (χ2v) is 5.00. The quantitative estimate of drug-likeness (QED) is 0.815. The molecule has 1 aliphatic rings. The summed E-state index contributed by atoms with van der Waals surface area (Å²) in [7, 11) is 0. The number of rotatable bonds is 3. The van der Waals surface area contributed by atoms with Gasteiger partial charge in [-0.05, 0) is 11.6 Å². The Morgan fingerprint density at radius 3 is 2.76 bits per heavy atom. The molecule has 1 atom stereocenters. The average Bonchev–Trinajstić information content (AvgIpc) is 3.08. The van der Waals surface area contributed by atoms with Crippen molar-refractivity contribution in [2.45, 2.75) is 19.0 Å². The molecule has 0 radical (unpaired) electrons. The maximum atomic E-state index is 13.8. The van der Waals surface area contributed by atoms with Crippen LogP contribution in [0.15, 0.2) is 30.9 Å². The SMILES string of the molecule is O=C1CC(c2ccc(F)c(F)c2F)CN1Cn1ccnc1. The van der Waals surface area contributed by atoms with E-state index in [-0.39, 0.29) is 24.4 Å². The van der Waals surface area contributed by atoms with Crippen LogP contribution in [0.3, 0.4) is 0 Å². The Kier molecular flexibility index (Phi) is 3.40. The summed E-state index contributed by atoms with van der Waals surface area (Å²) in [6.45, 7) is 0.569. The summed E-state index contributed by atoms with van der Waals surface area (Å²) in [5.41, 5.74) is 0.0374. The van der Waals surface area contributed by atoms with Gasteiger partial charge in [-0.2, -0.15) is 0 Å². The number of nitrogens with zero attached hydrogens (tertiary/aromatic N) is 3. The van der Waals surface area contributed by atoms with E-state index in [1.54, 1.807) is 23.3 Å². The monoisotopic (exact) mass is 295 g/mol. The topological polar surface area (TPSA) is 38.1 Å². The number of amides is 1. The number of hydrogen-bond donors (Lipinski definition) is 0. The lowest BCUT2D eigenvalue weighted by molar-refractivity contribution is -0.129. The summed E-state index contributed by atoms with van der Waals surface area (Å²) in [6.07, 6.45) is 4.95. The number of aromatic nitrogens is 2. The highest BCUT2D eigenvalue weighted by Crippen LogP contribution is 2.31. The number of carbonyl (C=O) groups excluding carboxylic acids is 1. The molecule has 2 heterocycles. The molecule has 1 aromatic carbocycles. The molecule has 3 rings (SSSR count). The maximum absolute atomic E-state index is 13.8. The molecule has 1 aromatic heterocycles. The van der Waals surface area contributed by atoms with Gasteiger partial charge in [-0.1, -0.05) is 6.07 Å². The van der Waals surface area contributed by atoms with E-state index >= 15 is 0 Å². The molecule has 1 saturated heterocycles. The van der Waals surface area contributed by atoms with Crippen LogP contribution in [0.4, 0.5) is 13.2 Å². The molecule has 7 heteroatoms. The number of likely N-dealkylation sites (tertiary alicyclic amines) is 1. The van der Waals surface area contributed by atoms with Gasteiger partial charge in [0.1, 0.15) is 0 Å². The lowest BCUT2D eigenvalue weighted by Gasteiger charge is -2.17. The minimum Gasteiger partial charge on any atom is -0.324 e. The van der Waals surface area contributed by atoms with Gasteiger partial charge in [0.05, 0.1) is 13.0 Å². The molecule has 1 aliphatic heterocycles. The number of imidazole rings is 1. The van der Waals surface area contributed by atoms with Crippen molar-refractivity contribution >= 4 is 5.91 Å². The van der Waals surface area contributed by atoms with E-state index in [1.807, 2.05) is 0 Å². The first kappa shape index (κ1) is 13.7. The van der Waals surface area contributed by atoms with E-state index in [9.17, 15) is 18.0 Å². The fraction of sp³-hybridized carbons (Fsp3) is 0.286. The lowest BCUT2D eigenvalue weighted by atomic mass is 9.97. The van der Waals surface area contributed by atoms with Crippen LogP contribution in [-0.2, 0) is 11.5 Å². The molecule has 4 nitrogen and oxygen atoms in total. The molecule has 0 saturated carbocycles. The summed E-state index contributed by atoms with van der Waals surface area (Å²) in [5.74, 6) is -4.56. The molecule has 1 amide bonds. The number of carbonyl (C=O) groups is 1. The van der Waals surface area contributed by atoms with Gasteiger partial charge in [-0.25, -0.2) is 18.2 Å². The third-order valence-corrected chi connectivity index (χ3v) is 3.61. The summed E-state index contributed by atoms with van der Waals surface area (Å²) >= 11 is 0. The van der Waals surface area contributed by atoms with Gasteiger partial charge >= 0.3 is 0 Å². The van der Waals surface area contributed by atoms with Crippen LogP contribution in [0.5, 0.6) is 0 Å². The van der Waals surface area contributed by atoms with Crippen molar-refractivity contribution in [2.75, 3.05) is 6.54 Å². The Morgan fingerprint density at radius 1 is 1.24 bits per heavy atom. The summed E-state index contributed by atoms with van der Waals surface area (Å²) < 4.78 is 41.7. The highest BCUT2D eigenvalue weighted by atomic mass is 19.2. The second kappa shape index (κ2) is 5.23. The smallest absolute Gasteiger partial charge is 0.224 e. The Balaban J connectivity index is 1.80. The minimum atomic E-state index is -1.49. The van der Waals surface area contributed by atoms with E-state index in [4.69, 9.17) is 0 Å². The molecule has 110 valence electrons. The predicted molar refractivity (Wildman–Crippen MR) is 67.6 cm³/mol. The second-order valence-electron chi connectivity index (χ2n) is 5.00. The molecule has 1 fully saturated rings. The van der Waals surface area contributed by atoms with Crippen LogP contribution in [-0.4, -0.2) is 26.9 Å². The van der Waals surface area contributed by atoms with Crippen LogP contribution in [0, 0.1) is 17.5 Å². The Labute approximate surface area is 118 Å². The molecule has 2 aromatic rings. The van der Waals surface area contributed by atoms with E-state index in [0.717, 1.165) is 6.07 Å². The number of hydrogen-bond acceptors (Lipinski definition) is 2. The fourth-order valence-corrected chi connectivity index (χ4v) is 2.54. The highest BCUT2D eigenvalue weighted by Gasteiger charge is 2.33. The summed E-state index contributed by atoms with van der Waals surface area (Å²) in [4.78, 5) is 17.4. The number of halogens is 3. The third kappa shape index (κ3) is 2.51. The van der Waals surface area contributed by atoms with Crippen molar-refractivity contribution in [2.24, 2.45) is 0 Å². The van der Waals surface area contributed by atoms with Crippen molar-refractivity contribution in [1.29, 1.82) is 0 Å². The zero-order chi connectivity index (χ0) is 15.0. The average molecular weight is 295 g/mol. The zero-order valence-electron chi connectivity index (χ0n) is 11.0. The van der Waals surface area contributed by atoms with Gasteiger partial charge in [-0.3, -0.25) is 4.79 Å².